The summed E-state index contributed by atoms with van der Waals surface area (Å²) < 4.78 is 23.3. The molecule has 0 saturated carbocycles. The molecule has 2 rings (SSSR count). The van der Waals surface area contributed by atoms with Crippen LogP contribution in [0.4, 0.5) is 4.39 Å². The van der Waals surface area contributed by atoms with Crippen molar-refractivity contribution in [2.24, 2.45) is 0 Å². The van der Waals surface area contributed by atoms with Gasteiger partial charge in [0.15, 0.2) is 0 Å². The van der Waals surface area contributed by atoms with E-state index in [0.29, 0.717) is 24.6 Å². The number of benzene rings is 1. The molecule has 1 N–H and O–H groups in total. The first-order valence-electron chi connectivity index (χ1n) is 7.29. The molecule has 0 unspecified atom stereocenters. The number of pyridine rings is 1. The minimum absolute atomic E-state index is 0.358. The Balaban J connectivity index is 2.16. The van der Waals surface area contributed by atoms with Crippen molar-refractivity contribution in [3.05, 3.63) is 59.5 Å². The van der Waals surface area contributed by atoms with Crippen LogP contribution in [0.2, 0.25) is 0 Å². The maximum atomic E-state index is 13.1. The number of nitrogens with zero attached hydrogens (tertiary/aromatic N) is 1. The fourth-order valence-electron chi connectivity index (χ4n) is 2.15. The van der Waals surface area contributed by atoms with Crippen LogP contribution in [0.1, 0.15) is 24.1 Å². The Kier molecular flexibility index (Phi) is 6.05. The largest absolute Gasteiger partial charge is 0.478 e. The zero-order valence-corrected chi connectivity index (χ0v) is 13.1. The first-order valence-corrected chi connectivity index (χ1v) is 7.29. The van der Waals surface area contributed by atoms with Crippen LogP contribution in [0.5, 0.6) is 5.88 Å². The van der Waals surface area contributed by atoms with Gasteiger partial charge in [-0.15, -0.1) is 0 Å². The Labute approximate surface area is 134 Å². The highest BCUT2D eigenvalue weighted by atomic mass is 19.1. The van der Waals surface area contributed by atoms with Gasteiger partial charge in [0.1, 0.15) is 11.9 Å². The Morgan fingerprint density at radius 3 is 2.70 bits per heavy atom. The fraction of sp³-hybridized carbons (Fsp3) is 0.294. The second kappa shape index (κ2) is 8.24. The second-order valence-corrected chi connectivity index (χ2v) is 4.79. The van der Waals surface area contributed by atoms with Gasteiger partial charge in [-0.1, -0.05) is 18.2 Å². The molecule has 6 heteroatoms. The molecule has 122 valence electrons. The van der Waals surface area contributed by atoms with E-state index in [0.717, 1.165) is 5.56 Å². The molecular weight excluding hydrogens is 299 g/mol. The molecule has 0 aliphatic heterocycles. The van der Waals surface area contributed by atoms with E-state index >= 15 is 0 Å². The summed E-state index contributed by atoms with van der Waals surface area (Å²) in [6.07, 6.45) is 1.65. The smallest absolute Gasteiger partial charge is 0.327 e. The van der Waals surface area contributed by atoms with Crippen LogP contribution in [0.15, 0.2) is 42.6 Å². The van der Waals surface area contributed by atoms with Crippen LogP contribution in [-0.4, -0.2) is 24.7 Å². The minimum atomic E-state index is -0.699. The molecule has 5 nitrogen and oxygen atoms in total. The van der Waals surface area contributed by atoms with E-state index in [2.05, 4.69) is 10.3 Å². The van der Waals surface area contributed by atoms with Crippen molar-refractivity contribution in [2.75, 3.05) is 13.7 Å². The van der Waals surface area contributed by atoms with Crippen LogP contribution >= 0.6 is 0 Å². The molecule has 1 aromatic carbocycles. The molecule has 0 radical (unpaired) electrons. The maximum absolute atomic E-state index is 13.1. The number of hydrogen-bond acceptors (Lipinski definition) is 5. The van der Waals surface area contributed by atoms with E-state index in [-0.39, 0.29) is 5.82 Å². The second-order valence-electron chi connectivity index (χ2n) is 4.79. The molecule has 1 aromatic heterocycles. The molecule has 0 aliphatic carbocycles. The molecule has 0 bridgehead atoms. The number of rotatable bonds is 7. The predicted molar refractivity (Wildman–Crippen MR) is 83.4 cm³/mol. The van der Waals surface area contributed by atoms with Crippen LogP contribution in [0.25, 0.3) is 0 Å². The molecule has 2 aromatic rings. The van der Waals surface area contributed by atoms with Crippen molar-refractivity contribution in [3.63, 3.8) is 0 Å². The Morgan fingerprint density at radius 1 is 1.30 bits per heavy atom. The van der Waals surface area contributed by atoms with Crippen molar-refractivity contribution in [1.29, 1.82) is 0 Å². The molecule has 0 fully saturated rings. The highest BCUT2D eigenvalue weighted by Gasteiger charge is 2.21. The average Bonchev–Trinajstić information content (AvgIpc) is 2.58. The van der Waals surface area contributed by atoms with Gasteiger partial charge in [-0.2, -0.15) is 0 Å². The summed E-state index contributed by atoms with van der Waals surface area (Å²) in [5.41, 5.74) is 1.45. The van der Waals surface area contributed by atoms with Crippen molar-refractivity contribution in [3.8, 4) is 5.88 Å². The fourth-order valence-corrected chi connectivity index (χ4v) is 2.15. The number of hydrogen-bond donors (Lipinski definition) is 1. The summed E-state index contributed by atoms with van der Waals surface area (Å²) in [4.78, 5) is 16.2. The van der Waals surface area contributed by atoms with Crippen molar-refractivity contribution >= 4 is 5.97 Å². The maximum Gasteiger partial charge on any atom is 0.327 e. The van der Waals surface area contributed by atoms with Crippen molar-refractivity contribution < 1.29 is 18.7 Å². The first-order chi connectivity index (χ1) is 11.2. The number of carbonyl (C=O) groups excluding carboxylic acids is 1. The third-order valence-corrected chi connectivity index (χ3v) is 3.27. The van der Waals surface area contributed by atoms with Gasteiger partial charge in [0.25, 0.3) is 0 Å². The first kappa shape index (κ1) is 16.9. The summed E-state index contributed by atoms with van der Waals surface area (Å²) in [6.45, 7) is 2.74. The summed E-state index contributed by atoms with van der Waals surface area (Å²) in [5, 5.41) is 3.10. The van der Waals surface area contributed by atoms with Gasteiger partial charge in [-0.25, -0.2) is 14.2 Å². The van der Waals surface area contributed by atoms with Crippen LogP contribution in [0.3, 0.4) is 0 Å². The molecular formula is C17H19FN2O3. The van der Waals surface area contributed by atoms with Crippen molar-refractivity contribution in [1.82, 2.24) is 10.3 Å². The number of halogens is 1. The van der Waals surface area contributed by atoms with Crippen LogP contribution in [0, 0.1) is 5.82 Å². The van der Waals surface area contributed by atoms with Gasteiger partial charge >= 0.3 is 5.97 Å². The van der Waals surface area contributed by atoms with E-state index in [1.165, 1.54) is 19.2 Å². The monoisotopic (exact) mass is 318 g/mol. The van der Waals surface area contributed by atoms with E-state index in [1.807, 2.05) is 13.0 Å². The third-order valence-electron chi connectivity index (χ3n) is 3.27. The summed E-state index contributed by atoms with van der Waals surface area (Å²) in [6, 6.07) is 8.68. The molecule has 1 heterocycles. The van der Waals surface area contributed by atoms with E-state index in [1.54, 1.807) is 24.4 Å². The average molecular weight is 318 g/mol. The zero-order chi connectivity index (χ0) is 16.7. The van der Waals surface area contributed by atoms with Gasteiger partial charge in [0, 0.05) is 18.3 Å². The standard InChI is InChI=1S/C17H19FN2O3/c1-3-23-16-13(5-4-10-19-16)11-20-15(17(21)22-2)12-6-8-14(18)9-7-12/h4-10,15,20H,3,11H2,1-2H3/t15-/m1/s1. The predicted octanol–water partition coefficient (Wildman–Crippen LogP) is 2.62. The number of esters is 1. The van der Waals surface area contributed by atoms with Crippen molar-refractivity contribution in [2.45, 2.75) is 19.5 Å². The van der Waals surface area contributed by atoms with Gasteiger partial charge in [-0.05, 0) is 30.7 Å². The molecule has 23 heavy (non-hydrogen) atoms. The van der Waals surface area contributed by atoms with E-state index in [9.17, 15) is 9.18 Å². The highest BCUT2D eigenvalue weighted by Crippen LogP contribution is 2.19. The number of carbonyl (C=O) groups is 1. The van der Waals surface area contributed by atoms with Gasteiger partial charge in [-0.3, -0.25) is 5.32 Å². The third kappa shape index (κ3) is 4.50. The molecule has 0 aliphatic rings. The van der Waals surface area contributed by atoms with Gasteiger partial charge in [0.05, 0.1) is 13.7 Å². The molecule has 0 saturated heterocycles. The lowest BCUT2D eigenvalue weighted by atomic mass is 10.1. The lowest BCUT2D eigenvalue weighted by Gasteiger charge is -2.18. The zero-order valence-electron chi connectivity index (χ0n) is 13.1. The molecule has 0 amide bonds. The summed E-state index contributed by atoms with van der Waals surface area (Å²) in [5.74, 6) is -0.285. The Morgan fingerprint density at radius 2 is 2.04 bits per heavy atom. The SMILES string of the molecule is CCOc1ncccc1CN[C@@H](C(=O)OC)c1ccc(F)cc1. The lowest BCUT2D eigenvalue weighted by Crippen LogP contribution is -2.29. The topological polar surface area (TPSA) is 60.5 Å². The molecule has 1 atom stereocenters. The molecule has 0 spiro atoms. The van der Waals surface area contributed by atoms with Gasteiger partial charge in [0.2, 0.25) is 5.88 Å². The lowest BCUT2D eigenvalue weighted by molar-refractivity contribution is -0.143. The number of aromatic nitrogens is 1. The Bertz CT molecular complexity index is 647. The summed E-state index contributed by atoms with van der Waals surface area (Å²) in [7, 11) is 1.32. The normalized spacial score (nSPS) is 11.8. The van der Waals surface area contributed by atoms with E-state index < -0.39 is 12.0 Å². The van der Waals surface area contributed by atoms with E-state index in [4.69, 9.17) is 9.47 Å². The Hall–Kier alpha value is -2.47. The van der Waals surface area contributed by atoms with Crippen LogP contribution < -0.4 is 10.1 Å². The highest BCUT2D eigenvalue weighted by molar-refractivity contribution is 5.77. The minimum Gasteiger partial charge on any atom is -0.478 e. The number of ether oxygens (including phenoxy) is 2. The quantitative estimate of drug-likeness (QED) is 0.795. The number of nitrogens with one attached hydrogen (secondary N) is 1. The van der Waals surface area contributed by atoms with Crippen LogP contribution in [-0.2, 0) is 16.1 Å². The summed E-state index contributed by atoms with van der Waals surface area (Å²) >= 11 is 0. The number of methoxy groups -OCH3 is 1. The van der Waals surface area contributed by atoms with Gasteiger partial charge < -0.3 is 9.47 Å².